The minimum Gasteiger partial charge on any atom is -0.467 e. The monoisotopic (exact) mass is 342 g/mol. The SMILES string of the molecule is COC(=O)C(O)C(C)CCC[C@H](C)CCC[C@H](C)CCCC(C)C. The molecular formula is C21H42O3. The summed E-state index contributed by atoms with van der Waals surface area (Å²) in [6.07, 6.45) is 10.2. The van der Waals surface area contributed by atoms with Gasteiger partial charge in [-0.1, -0.05) is 86.0 Å². The fourth-order valence-electron chi connectivity index (χ4n) is 3.28. The summed E-state index contributed by atoms with van der Waals surface area (Å²) in [5.41, 5.74) is 0. The van der Waals surface area contributed by atoms with Crippen LogP contribution in [-0.2, 0) is 9.53 Å². The van der Waals surface area contributed by atoms with E-state index in [4.69, 9.17) is 0 Å². The number of aliphatic hydroxyl groups is 1. The van der Waals surface area contributed by atoms with Crippen molar-refractivity contribution in [2.24, 2.45) is 23.7 Å². The minimum absolute atomic E-state index is 0.0226. The Morgan fingerprint density at radius 1 is 0.792 bits per heavy atom. The zero-order valence-corrected chi connectivity index (χ0v) is 17.0. The zero-order chi connectivity index (χ0) is 18.5. The second-order valence-electron chi connectivity index (χ2n) is 8.34. The van der Waals surface area contributed by atoms with E-state index in [1.54, 1.807) is 0 Å². The summed E-state index contributed by atoms with van der Waals surface area (Å²) in [6.45, 7) is 11.2. The van der Waals surface area contributed by atoms with E-state index in [0.29, 0.717) is 0 Å². The first-order chi connectivity index (χ1) is 11.3. The Morgan fingerprint density at radius 2 is 1.21 bits per heavy atom. The summed E-state index contributed by atoms with van der Waals surface area (Å²) in [5, 5.41) is 9.78. The molecule has 2 unspecified atom stereocenters. The molecule has 0 aromatic carbocycles. The zero-order valence-electron chi connectivity index (χ0n) is 17.0. The van der Waals surface area contributed by atoms with Crippen molar-refractivity contribution < 1.29 is 14.6 Å². The molecule has 0 rings (SSSR count). The van der Waals surface area contributed by atoms with E-state index >= 15 is 0 Å². The van der Waals surface area contributed by atoms with E-state index in [0.717, 1.165) is 30.6 Å². The lowest BCUT2D eigenvalue weighted by Crippen LogP contribution is -2.28. The average Bonchev–Trinajstić information content (AvgIpc) is 2.52. The normalized spacial score (nSPS) is 16.7. The Kier molecular flexibility index (Phi) is 13.4. The van der Waals surface area contributed by atoms with Crippen molar-refractivity contribution in [1.82, 2.24) is 0 Å². The molecule has 0 bridgehead atoms. The molecule has 0 aromatic heterocycles. The highest BCUT2D eigenvalue weighted by Crippen LogP contribution is 2.22. The fourth-order valence-corrected chi connectivity index (χ4v) is 3.28. The van der Waals surface area contributed by atoms with Crippen molar-refractivity contribution >= 4 is 5.97 Å². The van der Waals surface area contributed by atoms with Crippen LogP contribution in [0.15, 0.2) is 0 Å². The predicted octanol–water partition coefficient (Wildman–Crippen LogP) is 5.60. The highest BCUT2D eigenvalue weighted by Gasteiger charge is 2.22. The number of methoxy groups -OCH3 is 1. The van der Waals surface area contributed by atoms with Crippen molar-refractivity contribution in [3.05, 3.63) is 0 Å². The van der Waals surface area contributed by atoms with E-state index < -0.39 is 12.1 Å². The topological polar surface area (TPSA) is 46.5 Å². The summed E-state index contributed by atoms with van der Waals surface area (Å²) in [4.78, 5) is 11.3. The quantitative estimate of drug-likeness (QED) is 0.418. The predicted molar refractivity (Wildman–Crippen MR) is 102 cm³/mol. The summed E-state index contributed by atoms with van der Waals surface area (Å²) in [7, 11) is 1.32. The van der Waals surface area contributed by atoms with E-state index in [9.17, 15) is 9.90 Å². The van der Waals surface area contributed by atoms with E-state index in [2.05, 4.69) is 32.4 Å². The molecule has 1 N–H and O–H groups in total. The van der Waals surface area contributed by atoms with Gasteiger partial charge in [-0.2, -0.15) is 0 Å². The second kappa shape index (κ2) is 13.7. The van der Waals surface area contributed by atoms with Crippen molar-refractivity contribution in [2.45, 2.75) is 98.5 Å². The van der Waals surface area contributed by atoms with Crippen LogP contribution in [0.5, 0.6) is 0 Å². The van der Waals surface area contributed by atoms with Gasteiger partial charge in [-0.15, -0.1) is 0 Å². The smallest absolute Gasteiger partial charge is 0.334 e. The van der Waals surface area contributed by atoms with Gasteiger partial charge < -0.3 is 9.84 Å². The van der Waals surface area contributed by atoms with Crippen molar-refractivity contribution in [2.75, 3.05) is 7.11 Å². The largest absolute Gasteiger partial charge is 0.467 e. The van der Waals surface area contributed by atoms with E-state index in [1.807, 2.05) is 6.92 Å². The van der Waals surface area contributed by atoms with Gasteiger partial charge in [0.05, 0.1) is 7.11 Å². The Balaban J connectivity index is 3.69. The first-order valence-electron chi connectivity index (χ1n) is 10.0. The van der Waals surface area contributed by atoms with Crippen LogP contribution in [0.1, 0.15) is 92.4 Å². The highest BCUT2D eigenvalue weighted by molar-refractivity contribution is 5.74. The maximum absolute atomic E-state index is 11.3. The van der Waals surface area contributed by atoms with Crippen LogP contribution in [0, 0.1) is 23.7 Å². The van der Waals surface area contributed by atoms with E-state index in [-0.39, 0.29) is 5.92 Å². The van der Waals surface area contributed by atoms with Gasteiger partial charge in [-0.05, 0) is 30.1 Å². The molecule has 3 nitrogen and oxygen atoms in total. The van der Waals surface area contributed by atoms with Gasteiger partial charge in [0.25, 0.3) is 0 Å². The lowest BCUT2D eigenvalue weighted by atomic mass is 9.90. The van der Waals surface area contributed by atoms with E-state index in [1.165, 1.54) is 52.1 Å². The molecule has 0 saturated carbocycles. The number of esters is 1. The fraction of sp³-hybridized carbons (Fsp3) is 0.952. The van der Waals surface area contributed by atoms with Crippen molar-refractivity contribution in [3.63, 3.8) is 0 Å². The van der Waals surface area contributed by atoms with Crippen LogP contribution in [0.4, 0.5) is 0 Å². The van der Waals surface area contributed by atoms with Gasteiger partial charge in [0, 0.05) is 0 Å². The molecular weight excluding hydrogens is 300 g/mol. The van der Waals surface area contributed by atoms with Gasteiger partial charge in [0.2, 0.25) is 0 Å². The molecule has 0 fully saturated rings. The minimum atomic E-state index is -0.975. The Hall–Kier alpha value is -0.570. The van der Waals surface area contributed by atoms with Gasteiger partial charge in [-0.25, -0.2) is 4.79 Å². The molecule has 0 aromatic rings. The van der Waals surface area contributed by atoms with Crippen LogP contribution in [-0.4, -0.2) is 24.3 Å². The van der Waals surface area contributed by atoms with Crippen molar-refractivity contribution in [1.29, 1.82) is 0 Å². The molecule has 0 amide bonds. The lowest BCUT2D eigenvalue weighted by Gasteiger charge is -2.18. The van der Waals surface area contributed by atoms with Crippen molar-refractivity contribution in [3.8, 4) is 0 Å². The molecule has 0 aliphatic heterocycles. The molecule has 0 aliphatic carbocycles. The molecule has 144 valence electrons. The third-order valence-electron chi connectivity index (χ3n) is 5.21. The van der Waals surface area contributed by atoms with Gasteiger partial charge in [0.1, 0.15) is 0 Å². The summed E-state index contributed by atoms with van der Waals surface area (Å²) < 4.78 is 4.59. The molecule has 3 heteroatoms. The first-order valence-corrected chi connectivity index (χ1v) is 10.0. The second-order valence-corrected chi connectivity index (χ2v) is 8.34. The van der Waals surface area contributed by atoms with Gasteiger partial charge in [0.15, 0.2) is 6.10 Å². The van der Waals surface area contributed by atoms with Crippen LogP contribution in [0.2, 0.25) is 0 Å². The molecule has 0 spiro atoms. The van der Waals surface area contributed by atoms with Crippen LogP contribution in [0.3, 0.4) is 0 Å². The molecule has 0 radical (unpaired) electrons. The van der Waals surface area contributed by atoms with Crippen LogP contribution in [0.25, 0.3) is 0 Å². The van der Waals surface area contributed by atoms with Crippen LogP contribution >= 0.6 is 0 Å². The molecule has 0 heterocycles. The molecule has 0 aliphatic rings. The number of aliphatic hydroxyl groups excluding tert-OH is 1. The summed E-state index contributed by atoms with van der Waals surface area (Å²) >= 11 is 0. The number of ether oxygens (including phenoxy) is 1. The maximum Gasteiger partial charge on any atom is 0.334 e. The third-order valence-corrected chi connectivity index (χ3v) is 5.21. The first kappa shape index (κ1) is 23.4. The molecule has 4 atom stereocenters. The number of hydrogen-bond acceptors (Lipinski definition) is 3. The van der Waals surface area contributed by atoms with Gasteiger partial charge >= 0.3 is 5.97 Å². The number of rotatable bonds is 14. The third kappa shape index (κ3) is 11.9. The molecule has 24 heavy (non-hydrogen) atoms. The summed E-state index contributed by atoms with van der Waals surface area (Å²) in [5.74, 6) is 1.88. The number of hydrogen-bond donors (Lipinski definition) is 1. The van der Waals surface area contributed by atoms with Crippen LogP contribution < -0.4 is 0 Å². The Morgan fingerprint density at radius 3 is 1.62 bits per heavy atom. The maximum atomic E-state index is 11.3. The van der Waals surface area contributed by atoms with Gasteiger partial charge in [-0.3, -0.25) is 0 Å². The summed E-state index contributed by atoms with van der Waals surface area (Å²) in [6, 6.07) is 0. The standard InChI is InChI=1S/C21H42O3/c1-16(2)10-7-11-17(3)12-8-13-18(4)14-9-15-19(5)20(22)21(23)24-6/h16-20,22H,7-15H2,1-6H3/t17-,18-,19?,20?/m1/s1. The average molecular weight is 343 g/mol. The number of carbonyl (C=O) groups is 1. The Bertz CT molecular complexity index is 314. The number of carbonyl (C=O) groups excluding carboxylic acids is 1. The Labute approximate surface area is 150 Å². The highest BCUT2D eigenvalue weighted by atomic mass is 16.5. The lowest BCUT2D eigenvalue weighted by molar-refractivity contribution is -0.153. The molecule has 0 saturated heterocycles.